The molecule has 0 fully saturated rings. The average Bonchev–Trinajstić information content (AvgIpc) is 2.53. The average molecular weight is 286 g/mol. The third kappa shape index (κ3) is 4.23. The second-order valence-electron chi connectivity index (χ2n) is 4.89. The summed E-state index contributed by atoms with van der Waals surface area (Å²) < 4.78 is 18.8. The summed E-state index contributed by atoms with van der Waals surface area (Å²) in [5, 5.41) is 0. The molecule has 1 unspecified atom stereocenters. The van der Waals surface area contributed by atoms with Crippen LogP contribution in [0.15, 0.2) is 54.6 Å². The highest BCUT2D eigenvalue weighted by Crippen LogP contribution is 2.23. The van der Waals surface area contributed by atoms with E-state index in [-0.39, 0.29) is 11.6 Å². The largest absolute Gasteiger partial charge is 0.365 e. The van der Waals surface area contributed by atoms with Crippen LogP contribution in [0.25, 0.3) is 0 Å². The minimum Gasteiger partial charge on any atom is -0.365 e. The monoisotopic (exact) mass is 286 g/mol. The summed E-state index contributed by atoms with van der Waals surface area (Å²) in [7, 11) is 0. The Morgan fingerprint density at radius 1 is 1.10 bits per heavy atom. The number of ether oxygens (including phenoxy) is 1. The van der Waals surface area contributed by atoms with Crippen molar-refractivity contribution >= 4 is 5.78 Å². The summed E-state index contributed by atoms with van der Waals surface area (Å²) >= 11 is 0. The van der Waals surface area contributed by atoms with Crippen LogP contribution in [0.2, 0.25) is 0 Å². The number of ketones is 1. The molecule has 0 bridgehead atoms. The van der Waals surface area contributed by atoms with Gasteiger partial charge in [-0.3, -0.25) is 4.79 Å². The van der Waals surface area contributed by atoms with E-state index in [2.05, 4.69) is 6.92 Å². The van der Waals surface area contributed by atoms with Gasteiger partial charge >= 0.3 is 0 Å². The van der Waals surface area contributed by atoms with Crippen molar-refractivity contribution in [2.45, 2.75) is 25.9 Å². The fourth-order valence-corrected chi connectivity index (χ4v) is 2.06. The lowest BCUT2D eigenvalue weighted by Crippen LogP contribution is -2.17. The van der Waals surface area contributed by atoms with Gasteiger partial charge in [0.25, 0.3) is 0 Å². The molecule has 0 spiro atoms. The first-order valence-electron chi connectivity index (χ1n) is 7.18. The quantitative estimate of drug-likeness (QED) is 0.550. The lowest BCUT2D eigenvalue weighted by Gasteiger charge is -2.17. The molecule has 0 saturated carbocycles. The summed E-state index contributed by atoms with van der Waals surface area (Å²) in [4.78, 5) is 12.6. The first-order chi connectivity index (χ1) is 10.2. The molecule has 0 aliphatic heterocycles. The minimum atomic E-state index is -0.636. The van der Waals surface area contributed by atoms with Crippen LogP contribution in [0, 0.1) is 5.82 Å². The van der Waals surface area contributed by atoms with Gasteiger partial charge in [0, 0.05) is 12.2 Å². The van der Waals surface area contributed by atoms with Gasteiger partial charge in [-0.05, 0) is 36.2 Å². The van der Waals surface area contributed by atoms with Gasteiger partial charge in [-0.15, -0.1) is 0 Å². The lowest BCUT2D eigenvalue weighted by molar-refractivity contribution is 0.0395. The van der Waals surface area contributed by atoms with E-state index >= 15 is 0 Å². The molecule has 0 heterocycles. The first-order valence-corrected chi connectivity index (χ1v) is 7.18. The normalized spacial score (nSPS) is 12.1. The standard InChI is InChI=1S/C18H19FO2/c1-2-3-13-21-18(15-7-5-4-6-8-15)17(20)14-9-11-16(19)12-10-14/h4-12,18H,2-3,13H2,1H3. The Labute approximate surface area is 124 Å². The van der Waals surface area contributed by atoms with Gasteiger partial charge in [-0.25, -0.2) is 4.39 Å². The van der Waals surface area contributed by atoms with Crippen LogP contribution in [0.5, 0.6) is 0 Å². The van der Waals surface area contributed by atoms with E-state index in [9.17, 15) is 9.18 Å². The summed E-state index contributed by atoms with van der Waals surface area (Å²) in [6, 6.07) is 15.0. The molecule has 21 heavy (non-hydrogen) atoms. The van der Waals surface area contributed by atoms with Gasteiger partial charge in [0.05, 0.1) is 0 Å². The Kier molecular flexibility index (Phi) is 5.64. The van der Waals surface area contributed by atoms with E-state index in [0.717, 1.165) is 18.4 Å². The van der Waals surface area contributed by atoms with E-state index in [1.165, 1.54) is 24.3 Å². The Hall–Kier alpha value is -2.00. The SMILES string of the molecule is CCCCOC(C(=O)c1ccc(F)cc1)c1ccccc1. The van der Waals surface area contributed by atoms with E-state index in [1.54, 1.807) is 0 Å². The molecule has 2 aromatic rings. The van der Waals surface area contributed by atoms with Gasteiger partial charge in [0.1, 0.15) is 11.9 Å². The first kappa shape index (κ1) is 15.4. The number of halogens is 1. The summed E-state index contributed by atoms with van der Waals surface area (Å²) in [6.45, 7) is 2.60. The summed E-state index contributed by atoms with van der Waals surface area (Å²) in [6.07, 6.45) is 1.27. The maximum atomic E-state index is 13.0. The van der Waals surface area contributed by atoms with E-state index in [1.807, 2.05) is 30.3 Å². The van der Waals surface area contributed by atoms with Crippen molar-refractivity contribution in [3.63, 3.8) is 0 Å². The Bertz CT molecular complexity index is 564. The third-order valence-corrected chi connectivity index (χ3v) is 3.25. The van der Waals surface area contributed by atoms with Crippen LogP contribution in [-0.4, -0.2) is 12.4 Å². The molecule has 0 aliphatic rings. The fraction of sp³-hybridized carbons (Fsp3) is 0.278. The molecule has 2 rings (SSSR count). The zero-order chi connectivity index (χ0) is 15.1. The molecule has 0 radical (unpaired) electrons. The maximum absolute atomic E-state index is 13.0. The molecular weight excluding hydrogens is 267 g/mol. The zero-order valence-corrected chi connectivity index (χ0v) is 12.1. The minimum absolute atomic E-state index is 0.141. The van der Waals surface area contributed by atoms with Crippen LogP contribution < -0.4 is 0 Å². The molecule has 2 nitrogen and oxygen atoms in total. The molecule has 0 saturated heterocycles. The highest BCUT2D eigenvalue weighted by molar-refractivity contribution is 6.00. The molecule has 1 atom stereocenters. The molecule has 2 aromatic carbocycles. The van der Waals surface area contributed by atoms with Gasteiger partial charge in [0.15, 0.2) is 5.78 Å². The smallest absolute Gasteiger partial charge is 0.196 e. The molecule has 0 N–H and O–H groups in total. The number of rotatable bonds is 7. The molecule has 110 valence electrons. The van der Waals surface area contributed by atoms with Crippen LogP contribution in [0.1, 0.15) is 41.8 Å². The van der Waals surface area contributed by atoms with Crippen LogP contribution in [0.4, 0.5) is 4.39 Å². The number of carbonyl (C=O) groups is 1. The predicted octanol–water partition coefficient (Wildman–Crippen LogP) is 4.57. The molecule has 0 amide bonds. The highest BCUT2D eigenvalue weighted by atomic mass is 19.1. The van der Waals surface area contributed by atoms with Gasteiger partial charge < -0.3 is 4.74 Å². The van der Waals surface area contributed by atoms with Crippen LogP contribution in [0.3, 0.4) is 0 Å². The number of hydrogen-bond donors (Lipinski definition) is 0. The Morgan fingerprint density at radius 3 is 2.38 bits per heavy atom. The molecule has 0 aliphatic carbocycles. The Morgan fingerprint density at radius 2 is 1.76 bits per heavy atom. The summed E-state index contributed by atoms with van der Waals surface area (Å²) in [5.74, 6) is -0.494. The Balaban J connectivity index is 2.21. The van der Waals surface area contributed by atoms with E-state index in [0.29, 0.717) is 12.2 Å². The van der Waals surface area contributed by atoms with E-state index in [4.69, 9.17) is 4.74 Å². The van der Waals surface area contributed by atoms with E-state index < -0.39 is 6.10 Å². The number of unbranched alkanes of at least 4 members (excludes halogenated alkanes) is 1. The number of carbonyl (C=O) groups excluding carboxylic acids is 1. The molecule has 0 aromatic heterocycles. The predicted molar refractivity (Wildman–Crippen MR) is 80.8 cm³/mol. The second-order valence-corrected chi connectivity index (χ2v) is 4.89. The molecule has 3 heteroatoms. The van der Waals surface area contributed by atoms with Crippen LogP contribution >= 0.6 is 0 Å². The van der Waals surface area contributed by atoms with Crippen LogP contribution in [-0.2, 0) is 4.74 Å². The topological polar surface area (TPSA) is 26.3 Å². The van der Waals surface area contributed by atoms with Crippen molar-refractivity contribution in [2.75, 3.05) is 6.61 Å². The zero-order valence-electron chi connectivity index (χ0n) is 12.1. The van der Waals surface area contributed by atoms with Crippen molar-refractivity contribution < 1.29 is 13.9 Å². The van der Waals surface area contributed by atoms with Crippen molar-refractivity contribution in [2.24, 2.45) is 0 Å². The number of Topliss-reactive ketones (excluding diaryl/α,β-unsaturated/α-hetero) is 1. The van der Waals surface area contributed by atoms with Crippen molar-refractivity contribution in [3.8, 4) is 0 Å². The lowest BCUT2D eigenvalue weighted by atomic mass is 10.00. The molecular formula is C18H19FO2. The third-order valence-electron chi connectivity index (χ3n) is 3.25. The van der Waals surface area contributed by atoms with Crippen molar-refractivity contribution in [1.82, 2.24) is 0 Å². The van der Waals surface area contributed by atoms with Crippen molar-refractivity contribution in [3.05, 3.63) is 71.5 Å². The second kappa shape index (κ2) is 7.70. The fourth-order valence-electron chi connectivity index (χ4n) is 2.06. The van der Waals surface area contributed by atoms with Gasteiger partial charge in [0.2, 0.25) is 0 Å². The maximum Gasteiger partial charge on any atom is 0.196 e. The van der Waals surface area contributed by atoms with Gasteiger partial charge in [-0.1, -0.05) is 43.7 Å². The van der Waals surface area contributed by atoms with Gasteiger partial charge in [-0.2, -0.15) is 0 Å². The number of benzene rings is 2. The highest BCUT2D eigenvalue weighted by Gasteiger charge is 2.22. The van der Waals surface area contributed by atoms with Crippen molar-refractivity contribution in [1.29, 1.82) is 0 Å². The summed E-state index contributed by atoms with van der Waals surface area (Å²) in [5.41, 5.74) is 1.28. The number of hydrogen-bond acceptors (Lipinski definition) is 2.